The van der Waals surface area contributed by atoms with Gasteiger partial charge < -0.3 is 10.2 Å². The van der Waals surface area contributed by atoms with E-state index >= 15 is 0 Å². The maximum Gasteiger partial charge on any atom is 0.246 e. The fraction of sp³-hybridized carbons (Fsp3) is 0.667. The number of aromatic nitrogens is 1. The number of nitrogens with one attached hydrogen (secondary N) is 1. The quantitative estimate of drug-likeness (QED) is 0.922. The first kappa shape index (κ1) is 16.4. The average Bonchev–Trinajstić information content (AvgIpc) is 2.57. The van der Waals surface area contributed by atoms with Crippen molar-refractivity contribution in [2.24, 2.45) is 5.92 Å². The molecule has 2 fully saturated rings. The van der Waals surface area contributed by atoms with Crippen LogP contribution in [-0.4, -0.2) is 59.5 Å². The fourth-order valence-corrected chi connectivity index (χ4v) is 3.61. The molecule has 1 amide bonds. The van der Waals surface area contributed by atoms with Crippen molar-refractivity contribution in [3.8, 4) is 0 Å². The number of pyridine rings is 1. The Kier molecular flexibility index (Phi) is 5.28. The largest absolute Gasteiger partial charge is 0.341 e. The van der Waals surface area contributed by atoms with Gasteiger partial charge in [0.2, 0.25) is 5.91 Å². The second-order valence-corrected chi connectivity index (χ2v) is 7.02. The molecule has 0 saturated carbocycles. The van der Waals surface area contributed by atoms with Gasteiger partial charge in [-0.3, -0.25) is 14.7 Å². The zero-order chi connectivity index (χ0) is 16.2. The van der Waals surface area contributed by atoms with Crippen molar-refractivity contribution in [3.63, 3.8) is 0 Å². The van der Waals surface area contributed by atoms with Gasteiger partial charge in [-0.25, -0.2) is 0 Å². The fourth-order valence-electron chi connectivity index (χ4n) is 3.61. The van der Waals surface area contributed by atoms with E-state index in [-0.39, 0.29) is 11.9 Å². The molecule has 5 heteroatoms. The van der Waals surface area contributed by atoms with Crippen LogP contribution in [0.25, 0.3) is 0 Å². The molecule has 2 aliphatic heterocycles. The molecule has 5 nitrogen and oxygen atoms in total. The topological polar surface area (TPSA) is 48.5 Å². The van der Waals surface area contributed by atoms with Crippen LogP contribution in [0.5, 0.6) is 0 Å². The molecule has 2 unspecified atom stereocenters. The van der Waals surface area contributed by atoms with Crippen LogP contribution in [-0.2, 0) is 4.79 Å². The molecule has 2 saturated heterocycles. The zero-order valence-corrected chi connectivity index (χ0v) is 14.2. The van der Waals surface area contributed by atoms with Gasteiger partial charge in [-0.2, -0.15) is 0 Å². The molecule has 0 aromatic carbocycles. The Hall–Kier alpha value is -1.46. The van der Waals surface area contributed by atoms with Gasteiger partial charge in [0.1, 0.15) is 6.04 Å². The lowest BCUT2D eigenvalue weighted by atomic mass is 9.97. The summed E-state index contributed by atoms with van der Waals surface area (Å²) in [7, 11) is 0. The van der Waals surface area contributed by atoms with Crippen LogP contribution >= 0.6 is 0 Å². The molecule has 3 heterocycles. The molecular weight excluding hydrogens is 288 g/mol. The van der Waals surface area contributed by atoms with Gasteiger partial charge in [0.15, 0.2) is 0 Å². The van der Waals surface area contributed by atoms with E-state index in [2.05, 4.69) is 29.0 Å². The van der Waals surface area contributed by atoms with Gasteiger partial charge in [0.05, 0.1) is 5.69 Å². The molecular formula is C18H28N4O. The minimum atomic E-state index is -0.242. The number of hydrogen-bond donors (Lipinski definition) is 1. The number of amides is 1. The van der Waals surface area contributed by atoms with E-state index in [4.69, 9.17) is 0 Å². The van der Waals surface area contributed by atoms with E-state index in [0.717, 1.165) is 57.2 Å². The third kappa shape index (κ3) is 3.90. The molecule has 1 aromatic heterocycles. The Balaban J connectivity index is 1.81. The lowest BCUT2D eigenvalue weighted by Gasteiger charge is -2.40. The monoisotopic (exact) mass is 316 g/mol. The molecule has 23 heavy (non-hydrogen) atoms. The Labute approximate surface area is 139 Å². The molecule has 2 atom stereocenters. The van der Waals surface area contributed by atoms with E-state index in [0.29, 0.717) is 6.04 Å². The van der Waals surface area contributed by atoms with Gasteiger partial charge in [-0.05, 0) is 37.8 Å². The van der Waals surface area contributed by atoms with Crippen molar-refractivity contribution in [1.29, 1.82) is 0 Å². The molecule has 0 bridgehead atoms. The first-order chi connectivity index (χ1) is 11.1. The number of carbonyl (C=O) groups is 1. The summed E-state index contributed by atoms with van der Waals surface area (Å²) < 4.78 is 0. The van der Waals surface area contributed by atoms with Crippen LogP contribution in [0.4, 0.5) is 0 Å². The lowest BCUT2D eigenvalue weighted by molar-refractivity contribution is -0.139. The van der Waals surface area contributed by atoms with Gasteiger partial charge >= 0.3 is 0 Å². The molecule has 0 radical (unpaired) electrons. The lowest BCUT2D eigenvalue weighted by Crippen LogP contribution is -2.54. The van der Waals surface area contributed by atoms with Gasteiger partial charge in [-0.1, -0.05) is 13.0 Å². The van der Waals surface area contributed by atoms with Crippen LogP contribution in [0.15, 0.2) is 24.4 Å². The molecule has 0 aliphatic carbocycles. The third-order valence-electron chi connectivity index (χ3n) is 5.06. The van der Waals surface area contributed by atoms with E-state index in [1.807, 2.05) is 23.1 Å². The van der Waals surface area contributed by atoms with Crippen molar-refractivity contribution in [1.82, 2.24) is 20.1 Å². The maximum atomic E-state index is 13.2. The number of carbonyl (C=O) groups excluding carboxylic acids is 1. The molecule has 0 spiro atoms. The second kappa shape index (κ2) is 7.41. The number of nitrogens with zero attached hydrogens (tertiary/aromatic N) is 3. The number of likely N-dealkylation sites (tertiary alicyclic amines) is 1. The van der Waals surface area contributed by atoms with E-state index in [1.165, 1.54) is 0 Å². The Morgan fingerprint density at radius 3 is 2.70 bits per heavy atom. The molecule has 1 aromatic rings. The van der Waals surface area contributed by atoms with E-state index in [1.54, 1.807) is 6.20 Å². The van der Waals surface area contributed by atoms with Crippen molar-refractivity contribution < 1.29 is 4.79 Å². The Morgan fingerprint density at radius 2 is 2.04 bits per heavy atom. The smallest absolute Gasteiger partial charge is 0.246 e. The van der Waals surface area contributed by atoms with Gasteiger partial charge in [0.25, 0.3) is 0 Å². The van der Waals surface area contributed by atoms with Gasteiger partial charge in [-0.15, -0.1) is 0 Å². The maximum absolute atomic E-state index is 13.2. The SMILES string of the molecule is CC1CCN(C(=O)C(c2ccccn2)N2CCNC(C)C2)CC1. The van der Waals surface area contributed by atoms with E-state index < -0.39 is 0 Å². The predicted molar refractivity (Wildman–Crippen MR) is 91.0 cm³/mol. The summed E-state index contributed by atoms with van der Waals surface area (Å²) in [6.07, 6.45) is 4.01. The summed E-state index contributed by atoms with van der Waals surface area (Å²) in [5, 5.41) is 3.46. The standard InChI is InChI=1S/C18H28N4O/c1-14-6-10-21(11-7-14)18(23)17(16-5-3-4-8-20-16)22-12-9-19-15(2)13-22/h3-5,8,14-15,17,19H,6-7,9-13H2,1-2H3. The minimum absolute atomic E-state index is 0.227. The van der Waals surface area contributed by atoms with Crippen LogP contribution in [0.1, 0.15) is 38.4 Å². The average molecular weight is 316 g/mol. The van der Waals surface area contributed by atoms with Gasteiger partial charge in [0, 0.05) is 45.0 Å². The molecule has 1 N–H and O–H groups in total. The van der Waals surface area contributed by atoms with Crippen LogP contribution in [0.2, 0.25) is 0 Å². The number of piperazine rings is 1. The number of hydrogen-bond acceptors (Lipinski definition) is 4. The minimum Gasteiger partial charge on any atom is -0.341 e. The van der Waals surface area contributed by atoms with Crippen molar-refractivity contribution in [2.75, 3.05) is 32.7 Å². The number of rotatable bonds is 3. The van der Waals surface area contributed by atoms with Crippen LogP contribution in [0.3, 0.4) is 0 Å². The molecule has 3 rings (SSSR count). The summed E-state index contributed by atoms with van der Waals surface area (Å²) in [4.78, 5) is 22.1. The molecule has 126 valence electrons. The normalized spacial score (nSPS) is 25.3. The third-order valence-corrected chi connectivity index (χ3v) is 5.06. The Bertz CT molecular complexity index is 513. The number of piperidine rings is 1. The summed E-state index contributed by atoms with van der Waals surface area (Å²) in [5.41, 5.74) is 0.880. The van der Waals surface area contributed by atoms with Crippen LogP contribution < -0.4 is 5.32 Å². The summed E-state index contributed by atoms with van der Waals surface area (Å²) in [6, 6.07) is 6.04. The zero-order valence-electron chi connectivity index (χ0n) is 14.2. The highest BCUT2D eigenvalue weighted by atomic mass is 16.2. The summed E-state index contributed by atoms with van der Waals surface area (Å²) >= 11 is 0. The highest BCUT2D eigenvalue weighted by molar-refractivity contribution is 5.83. The van der Waals surface area contributed by atoms with Crippen molar-refractivity contribution >= 4 is 5.91 Å². The Morgan fingerprint density at radius 1 is 1.26 bits per heavy atom. The van der Waals surface area contributed by atoms with Crippen LogP contribution in [0, 0.1) is 5.92 Å². The second-order valence-electron chi connectivity index (χ2n) is 7.02. The first-order valence-corrected chi connectivity index (χ1v) is 8.82. The highest BCUT2D eigenvalue weighted by Gasteiger charge is 2.35. The summed E-state index contributed by atoms with van der Waals surface area (Å²) in [6.45, 7) is 8.91. The molecule has 2 aliphatic rings. The van der Waals surface area contributed by atoms with E-state index in [9.17, 15) is 4.79 Å². The van der Waals surface area contributed by atoms with Crippen molar-refractivity contribution in [3.05, 3.63) is 30.1 Å². The predicted octanol–water partition coefficient (Wildman–Crippen LogP) is 1.67. The first-order valence-electron chi connectivity index (χ1n) is 8.82. The summed E-state index contributed by atoms with van der Waals surface area (Å²) in [5.74, 6) is 0.955. The highest BCUT2D eigenvalue weighted by Crippen LogP contribution is 2.26. The van der Waals surface area contributed by atoms with Crippen molar-refractivity contribution in [2.45, 2.75) is 38.8 Å².